The Labute approximate surface area is 150 Å². The van der Waals surface area contributed by atoms with Crippen molar-refractivity contribution in [3.05, 3.63) is 0 Å². The van der Waals surface area contributed by atoms with Crippen LogP contribution >= 0.6 is 0 Å². The summed E-state index contributed by atoms with van der Waals surface area (Å²) in [6, 6.07) is 0. The molecule has 7 heteroatoms. The third-order valence-corrected chi connectivity index (χ3v) is 4.61. The maximum atomic E-state index is 11.7. The van der Waals surface area contributed by atoms with E-state index >= 15 is 0 Å². The van der Waals surface area contributed by atoms with Gasteiger partial charge in [-0.05, 0) is 40.5 Å². The molecule has 7 nitrogen and oxygen atoms in total. The number of hydrogen-bond donors (Lipinski definition) is 0. The highest BCUT2D eigenvalue weighted by molar-refractivity contribution is 5.96. The first-order valence-corrected chi connectivity index (χ1v) is 8.59. The molecule has 1 aliphatic heterocycles. The zero-order valence-corrected chi connectivity index (χ0v) is 16.2. The largest absolute Gasteiger partial charge is 0.464 e. The quantitative estimate of drug-likeness (QED) is 0.483. The highest BCUT2D eigenvalue weighted by atomic mass is 16.5. The molecule has 0 N–H and O–H groups in total. The fourth-order valence-corrected chi connectivity index (χ4v) is 3.69. The predicted octanol–water partition coefficient (Wildman–Crippen LogP) is 1.72. The van der Waals surface area contributed by atoms with Crippen LogP contribution < -0.4 is 0 Å². The number of ether oxygens (including phenoxy) is 3. The molecule has 0 saturated carbocycles. The van der Waals surface area contributed by atoms with Crippen molar-refractivity contribution in [2.75, 3.05) is 26.9 Å². The summed E-state index contributed by atoms with van der Waals surface area (Å²) >= 11 is 0. The third kappa shape index (κ3) is 6.74. The average molecular weight is 357 g/mol. The van der Waals surface area contributed by atoms with E-state index in [9.17, 15) is 14.4 Å². The van der Waals surface area contributed by atoms with Gasteiger partial charge in [0.2, 0.25) is 0 Å². The minimum Gasteiger partial charge on any atom is -0.464 e. The minimum atomic E-state index is -0.598. The summed E-state index contributed by atoms with van der Waals surface area (Å²) in [5, 5.41) is 0. The molecule has 25 heavy (non-hydrogen) atoms. The Kier molecular flexibility index (Phi) is 7.56. The summed E-state index contributed by atoms with van der Waals surface area (Å²) in [6.07, 6.45) is 1.64. The number of carbonyl (C=O) groups is 3. The van der Waals surface area contributed by atoms with E-state index in [2.05, 4.69) is 37.3 Å². The molecule has 1 aliphatic rings. The van der Waals surface area contributed by atoms with Crippen LogP contribution in [0.3, 0.4) is 0 Å². The number of esters is 2. The third-order valence-electron chi connectivity index (χ3n) is 4.61. The molecule has 0 amide bonds. The van der Waals surface area contributed by atoms with Crippen molar-refractivity contribution in [3.8, 4) is 0 Å². The number of likely N-dealkylation sites (tertiary alicyclic amines) is 1. The molecule has 0 bridgehead atoms. The molecular formula is C18H31NO6. The molecule has 1 saturated heterocycles. The molecule has 1 fully saturated rings. The van der Waals surface area contributed by atoms with Crippen LogP contribution in [0.15, 0.2) is 0 Å². The van der Waals surface area contributed by atoms with E-state index in [4.69, 9.17) is 9.47 Å². The molecule has 0 aromatic heterocycles. The predicted molar refractivity (Wildman–Crippen MR) is 92.1 cm³/mol. The number of ketones is 1. The lowest BCUT2D eigenvalue weighted by molar-refractivity contribution is -0.153. The summed E-state index contributed by atoms with van der Waals surface area (Å²) in [5.74, 6) is -1.62. The van der Waals surface area contributed by atoms with E-state index in [1.54, 1.807) is 7.11 Å². The van der Waals surface area contributed by atoms with Crippen LogP contribution in [0.25, 0.3) is 0 Å². The van der Waals surface area contributed by atoms with Crippen LogP contribution in [0.1, 0.15) is 53.9 Å². The highest BCUT2D eigenvalue weighted by Crippen LogP contribution is 2.38. The molecule has 144 valence electrons. The standard InChI is InChI=1S/C18H31NO6/c1-13(20)25-12-14(21)9-16(22)24-8-7-19-17(2,3)10-15(23-6)11-18(19,4)5/h15H,7-12H2,1-6H3. The van der Waals surface area contributed by atoms with Crippen molar-refractivity contribution in [1.82, 2.24) is 4.90 Å². The van der Waals surface area contributed by atoms with Crippen molar-refractivity contribution >= 4 is 17.7 Å². The maximum absolute atomic E-state index is 11.7. The number of hydrogen-bond acceptors (Lipinski definition) is 7. The van der Waals surface area contributed by atoms with Gasteiger partial charge in [0.05, 0.1) is 6.10 Å². The van der Waals surface area contributed by atoms with Crippen LogP contribution in [-0.2, 0) is 28.6 Å². The molecule has 0 aliphatic carbocycles. The van der Waals surface area contributed by atoms with Crippen molar-refractivity contribution in [1.29, 1.82) is 0 Å². The Hall–Kier alpha value is -1.47. The molecule has 0 aromatic rings. The second-order valence-corrected chi connectivity index (χ2v) is 7.76. The number of rotatable bonds is 8. The van der Waals surface area contributed by atoms with E-state index in [-0.39, 0.29) is 30.2 Å². The van der Waals surface area contributed by atoms with Gasteiger partial charge in [-0.3, -0.25) is 19.3 Å². The van der Waals surface area contributed by atoms with Gasteiger partial charge in [0.25, 0.3) is 0 Å². The lowest BCUT2D eigenvalue weighted by Crippen LogP contribution is -2.62. The summed E-state index contributed by atoms with van der Waals surface area (Å²) < 4.78 is 15.3. The van der Waals surface area contributed by atoms with Crippen LogP contribution in [0.2, 0.25) is 0 Å². The van der Waals surface area contributed by atoms with Crippen LogP contribution in [0.5, 0.6) is 0 Å². The lowest BCUT2D eigenvalue weighted by Gasteiger charge is -2.55. The maximum Gasteiger partial charge on any atom is 0.313 e. The van der Waals surface area contributed by atoms with E-state index in [0.717, 1.165) is 12.8 Å². The van der Waals surface area contributed by atoms with Gasteiger partial charge < -0.3 is 14.2 Å². The summed E-state index contributed by atoms with van der Waals surface area (Å²) in [4.78, 5) is 36.2. The van der Waals surface area contributed by atoms with Crippen molar-refractivity contribution in [3.63, 3.8) is 0 Å². The Morgan fingerprint density at radius 2 is 1.60 bits per heavy atom. The Balaban J connectivity index is 2.47. The van der Waals surface area contributed by atoms with Crippen LogP contribution in [0, 0.1) is 0 Å². The normalized spacial score (nSPS) is 20.1. The van der Waals surface area contributed by atoms with Gasteiger partial charge in [-0.2, -0.15) is 0 Å². The average Bonchev–Trinajstić information content (AvgIpc) is 2.46. The van der Waals surface area contributed by atoms with Crippen LogP contribution in [0.4, 0.5) is 0 Å². The minimum absolute atomic E-state index is 0.0834. The lowest BCUT2D eigenvalue weighted by atomic mass is 9.78. The van der Waals surface area contributed by atoms with Gasteiger partial charge in [-0.25, -0.2) is 0 Å². The highest BCUT2D eigenvalue weighted by Gasteiger charge is 2.45. The molecule has 0 aromatic carbocycles. The van der Waals surface area contributed by atoms with E-state index < -0.39 is 24.3 Å². The Morgan fingerprint density at radius 3 is 2.08 bits per heavy atom. The second kappa shape index (κ2) is 8.76. The van der Waals surface area contributed by atoms with Gasteiger partial charge in [0.15, 0.2) is 12.4 Å². The monoisotopic (exact) mass is 357 g/mol. The second-order valence-electron chi connectivity index (χ2n) is 7.76. The topological polar surface area (TPSA) is 82.1 Å². The molecule has 0 spiro atoms. The first kappa shape index (κ1) is 21.6. The van der Waals surface area contributed by atoms with Crippen molar-refractivity contribution < 1.29 is 28.6 Å². The summed E-state index contributed by atoms with van der Waals surface area (Å²) in [5.41, 5.74) is -0.167. The Bertz CT molecular complexity index is 482. The van der Waals surface area contributed by atoms with Gasteiger partial charge in [-0.1, -0.05) is 0 Å². The summed E-state index contributed by atoms with van der Waals surface area (Å²) in [6.45, 7) is 10.2. The number of piperidine rings is 1. The summed E-state index contributed by atoms with van der Waals surface area (Å²) in [7, 11) is 1.74. The first-order valence-electron chi connectivity index (χ1n) is 8.59. The SMILES string of the molecule is COC1CC(C)(C)N(CCOC(=O)CC(=O)COC(C)=O)C(C)(C)C1. The molecular weight excluding hydrogens is 326 g/mol. The molecule has 1 heterocycles. The van der Waals surface area contributed by atoms with E-state index in [1.165, 1.54) is 6.92 Å². The number of Topliss-reactive ketones (excluding diaryl/α,β-unsaturated/α-hetero) is 1. The number of nitrogens with zero attached hydrogens (tertiary/aromatic N) is 1. The van der Waals surface area contributed by atoms with Crippen LogP contribution in [-0.4, -0.2) is 66.7 Å². The zero-order valence-electron chi connectivity index (χ0n) is 16.2. The van der Waals surface area contributed by atoms with E-state index in [0.29, 0.717) is 6.54 Å². The smallest absolute Gasteiger partial charge is 0.313 e. The van der Waals surface area contributed by atoms with Gasteiger partial charge >= 0.3 is 11.9 Å². The molecule has 0 radical (unpaired) electrons. The fourth-order valence-electron chi connectivity index (χ4n) is 3.69. The molecule has 0 unspecified atom stereocenters. The Morgan fingerprint density at radius 1 is 1.04 bits per heavy atom. The van der Waals surface area contributed by atoms with Gasteiger partial charge in [0.1, 0.15) is 13.0 Å². The fraction of sp³-hybridized carbons (Fsp3) is 0.833. The molecule has 1 rings (SSSR count). The molecule has 0 atom stereocenters. The first-order chi connectivity index (χ1) is 11.5. The van der Waals surface area contributed by atoms with Gasteiger partial charge in [-0.15, -0.1) is 0 Å². The number of carbonyl (C=O) groups excluding carboxylic acids is 3. The number of methoxy groups -OCH3 is 1. The van der Waals surface area contributed by atoms with E-state index in [1.807, 2.05) is 0 Å². The zero-order chi connectivity index (χ0) is 19.3. The van der Waals surface area contributed by atoms with Gasteiger partial charge in [0, 0.05) is 31.7 Å². The van der Waals surface area contributed by atoms with Crippen molar-refractivity contribution in [2.24, 2.45) is 0 Å². The van der Waals surface area contributed by atoms with Crippen molar-refractivity contribution in [2.45, 2.75) is 71.1 Å².